The van der Waals surface area contributed by atoms with Crippen LogP contribution >= 0.6 is 0 Å². The highest BCUT2D eigenvalue weighted by molar-refractivity contribution is 4.89. The van der Waals surface area contributed by atoms with Crippen LogP contribution in [0.2, 0.25) is 0 Å². The highest BCUT2D eigenvalue weighted by atomic mass is 14.9. The van der Waals surface area contributed by atoms with Crippen molar-refractivity contribution in [1.29, 1.82) is 0 Å². The second-order valence-corrected chi connectivity index (χ2v) is 6.49. The predicted molar refractivity (Wildman–Crippen MR) is 69.3 cm³/mol. The van der Waals surface area contributed by atoms with Crippen molar-refractivity contribution in [3.63, 3.8) is 0 Å². The minimum Gasteiger partial charge on any atom is -0.330 e. The van der Waals surface area contributed by atoms with Gasteiger partial charge in [-0.05, 0) is 55.5 Å². The molecule has 2 rings (SSSR count). The van der Waals surface area contributed by atoms with Crippen LogP contribution in [0.1, 0.15) is 46.0 Å². The van der Waals surface area contributed by atoms with Crippen LogP contribution in [-0.2, 0) is 0 Å². The van der Waals surface area contributed by atoms with E-state index < -0.39 is 0 Å². The van der Waals surface area contributed by atoms with Gasteiger partial charge in [0.25, 0.3) is 0 Å². The Balaban J connectivity index is 1.71. The molecule has 0 spiro atoms. The highest BCUT2D eigenvalue weighted by Gasteiger charge is 2.35. The molecule has 0 aromatic carbocycles. The maximum Gasteiger partial charge on any atom is 0.00200 e. The summed E-state index contributed by atoms with van der Waals surface area (Å²) in [4.78, 5) is 0. The topological polar surface area (TPSA) is 38.0 Å². The smallest absolute Gasteiger partial charge is 0.00200 e. The standard InChI is InChI=1S/C14H28N2/c1-11-3-5-14(9-15,6-4-11)10-16-8-13-7-12(13)2/h11-13,16H,3-10,15H2,1-2H3. The number of hydrogen-bond acceptors (Lipinski definition) is 2. The summed E-state index contributed by atoms with van der Waals surface area (Å²) in [5.41, 5.74) is 6.42. The zero-order valence-corrected chi connectivity index (χ0v) is 11.0. The first-order chi connectivity index (χ1) is 7.65. The molecule has 2 fully saturated rings. The van der Waals surface area contributed by atoms with Gasteiger partial charge >= 0.3 is 0 Å². The summed E-state index contributed by atoms with van der Waals surface area (Å²) in [7, 11) is 0. The molecule has 3 N–H and O–H groups in total. The van der Waals surface area contributed by atoms with Crippen LogP contribution in [0.4, 0.5) is 0 Å². The molecule has 2 aliphatic carbocycles. The molecular weight excluding hydrogens is 196 g/mol. The summed E-state index contributed by atoms with van der Waals surface area (Å²) in [5, 5.41) is 3.67. The van der Waals surface area contributed by atoms with E-state index >= 15 is 0 Å². The molecule has 0 aromatic rings. The van der Waals surface area contributed by atoms with E-state index in [0.29, 0.717) is 5.41 Å². The molecule has 2 saturated carbocycles. The Bertz CT molecular complexity index is 219. The first kappa shape index (κ1) is 12.4. The second kappa shape index (κ2) is 5.05. The lowest BCUT2D eigenvalue weighted by atomic mass is 9.71. The van der Waals surface area contributed by atoms with Gasteiger partial charge < -0.3 is 11.1 Å². The van der Waals surface area contributed by atoms with Gasteiger partial charge in [0.1, 0.15) is 0 Å². The van der Waals surface area contributed by atoms with Gasteiger partial charge in [-0.3, -0.25) is 0 Å². The Labute approximate surface area is 100 Å². The molecule has 0 radical (unpaired) electrons. The van der Waals surface area contributed by atoms with Gasteiger partial charge in [-0.2, -0.15) is 0 Å². The van der Waals surface area contributed by atoms with Crippen molar-refractivity contribution >= 4 is 0 Å². The minimum atomic E-state index is 0.421. The molecule has 2 atom stereocenters. The Morgan fingerprint density at radius 1 is 1.25 bits per heavy atom. The molecule has 16 heavy (non-hydrogen) atoms. The first-order valence-corrected chi connectivity index (χ1v) is 7.06. The molecule has 2 aliphatic rings. The van der Waals surface area contributed by atoms with Crippen molar-refractivity contribution in [1.82, 2.24) is 5.32 Å². The van der Waals surface area contributed by atoms with Gasteiger partial charge in [0.2, 0.25) is 0 Å². The Kier molecular flexibility index (Phi) is 3.91. The van der Waals surface area contributed by atoms with E-state index in [1.54, 1.807) is 0 Å². The largest absolute Gasteiger partial charge is 0.330 e. The molecule has 0 aromatic heterocycles. The van der Waals surface area contributed by atoms with Crippen LogP contribution in [0.25, 0.3) is 0 Å². The zero-order valence-electron chi connectivity index (χ0n) is 11.0. The summed E-state index contributed by atoms with van der Waals surface area (Å²) >= 11 is 0. The average molecular weight is 224 g/mol. The fourth-order valence-electron chi connectivity index (χ4n) is 3.03. The third-order valence-electron chi connectivity index (χ3n) is 4.95. The fraction of sp³-hybridized carbons (Fsp3) is 1.00. The number of rotatable bonds is 5. The first-order valence-electron chi connectivity index (χ1n) is 7.06. The predicted octanol–water partition coefficient (Wildman–Crippen LogP) is 2.39. The van der Waals surface area contributed by atoms with Crippen LogP contribution in [0.3, 0.4) is 0 Å². The van der Waals surface area contributed by atoms with Gasteiger partial charge in [0.15, 0.2) is 0 Å². The quantitative estimate of drug-likeness (QED) is 0.752. The van der Waals surface area contributed by atoms with Crippen molar-refractivity contribution in [3.05, 3.63) is 0 Å². The second-order valence-electron chi connectivity index (χ2n) is 6.49. The van der Waals surface area contributed by atoms with Crippen LogP contribution in [-0.4, -0.2) is 19.6 Å². The molecule has 2 heteroatoms. The van der Waals surface area contributed by atoms with Crippen LogP contribution in [0, 0.1) is 23.2 Å². The molecule has 94 valence electrons. The van der Waals surface area contributed by atoms with Crippen molar-refractivity contribution in [2.24, 2.45) is 28.9 Å². The number of nitrogens with one attached hydrogen (secondary N) is 1. The summed E-state index contributed by atoms with van der Waals surface area (Å²) in [6.45, 7) is 7.97. The summed E-state index contributed by atoms with van der Waals surface area (Å²) in [6.07, 6.45) is 6.84. The molecule has 0 amide bonds. The van der Waals surface area contributed by atoms with Crippen molar-refractivity contribution in [3.8, 4) is 0 Å². The molecule has 0 bridgehead atoms. The average Bonchev–Trinajstić information content (AvgIpc) is 2.98. The highest BCUT2D eigenvalue weighted by Crippen LogP contribution is 2.39. The van der Waals surface area contributed by atoms with Gasteiger partial charge in [-0.25, -0.2) is 0 Å². The number of hydrogen-bond donors (Lipinski definition) is 2. The monoisotopic (exact) mass is 224 g/mol. The van der Waals surface area contributed by atoms with Crippen LogP contribution in [0.15, 0.2) is 0 Å². The minimum absolute atomic E-state index is 0.421. The van der Waals surface area contributed by atoms with Gasteiger partial charge in [0, 0.05) is 6.54 Å². The van der Waals surface area contributed by atoms with E-state index in [1.165, 1.54) is 38.6 Å². The van der Waals surface area contributed by atoms with Gasteiger partial charge in [-0.1, -0.05) is 26.7 Å². The van der Waals surface area contributed by atoms with E-state index in [4.69, 9.17) is 5.73 Å². The van der Waals surface area contributed by atoms with Crippen LogP contribution in [0.5, 0.6) is 0 Å². The fourth-order valence-corrected chi connectivity index (χ4v) is 3.03. The van der Waals surface area contributed by atoms with Crippen LogP contribution < -0.4 is 11.1 Å². The van der Waals surface area contributed by atoms with Crippen molar-refractivity contribution in [2.45, 2.75) is 46.0 Å². The van der Waals surface area contributed by atoms with E-state index in [0.717, 1.165) is 30.8 Å². The third-order valence-corrected chi connectivity index (χ3v) is 4.95. The van der Waals surface area contributed by atoms with Crippen molar-refractivity contribution < 1.29 is 0 Å². The lowest BCUT2D eigenvalue weighted by Gasteiger charge is -2.39. The third kappa shape index (κ3) is 2.98. The maximum absolute atomic E-state index is 6.00. The summed E-state index contributed by atoms with van der Waals surface area (Å²) in [6, 6.07) is 0. The molecule has 0 aliphatic heterocycles. The van der Waals surface area contributed by atoms with E-state index in [-0.39, 0.29) is 0 Å². The summed E-state index contributed by atoms with van der Waals surface area (Å²) in [5.74, 6) is 2.84. The Hall–Kier alpha value is -0.0800. The Morgan fingerprint density at radius 2 is 1.88 bits per heavy atom. The molecule has 0 saturated heterocycles. The lowest BCUT2D eigenvalue weighted by molar-refractivity contribution is 0.159. The van der Waals surface area contributed by atoms with E-state index in [2.05, 4.69) is 19.2 Å². The van der Waals surface area contributed by atoms with E-state index in [9.17, 15) is 0 Å². The lowest BCUT2D eigenvalue weighted by Crippen LogP contribution is -2.43. The van der Waals surface area contributed by atoms with Gasteiger partial charge in [-0.15, -0.1) is 0 Å². The van der Waals surface area contributed by atoms with Crippen molar-refractivity contribution in [2.75, 3.05) is 19.6 Å². The van der Waals surface area contributed by atoms with E-state index in [1.807, 2.05) is 0 Å². The zero-order chi connectivity index (χ0) is 11.6. The molecule has 2 nitrogen and oxygen atoms in total. The SMILES string of the molecule is CC1CCC(CN)(CNCC2CC2C)CC1. The Morgan fingerprint density at radius 3 is 2.38 bits per heavy atom. The van der Waals surface area contributed by atoms with Gasteiger partial charge in [0.05, 0.1) is 0 Å². The maximum atomic E-state index is 6.00. The normalized spacial score (nSPS) is 43.3. The summed E-state index contributed by atoms with van der Waals surface area (Å²) < 4.78 is 0. The molecule has 2 unspecified atom stereocenters. The molecular formula is C14H28N2. The molecule has 0 heterocycles. The number of nitrogens with two attached hydrogens (primary N) is 1.